The summed E-state index contributed by atoms with van der Waals surface area (Å²) in [5.41, 5.74) is 2.93. The predicted molar refractivity (Wildman–Crippen MR) is 140 cm³/mol. The number of H-pyrrole nitrogens is 1. The van der Waals surface area contributed by atoms with Crippen molar-refractivity contribution in [1.82, 2.24) is 19.9 Å². The Morgan fingerprint density at radius 3 is 2.81 bits per heavy atom. The first-order valence-electron chi connectivity index (χ1n) is 11.7. The van der Waals surface area contributed by atoms with E-state index in [0.29, 0.717) is 45.5 Å². The van der Waals surface area contributed by atoms with Crippen LogP contribution in [0.2, 0.25) is 5.02 Å². The van der Waals surface area contributed by atoms with Crippen molar-refractivity contribution in [3.05, 3.63) is 81.6 Å². The van der Waals surface area contributed by atoms with Crippen LogP contribution in [0.15, 0.2) is 64.9 Å². The molecule has 0 amide bonds. The van der Waals surface area contributed by atoms with Crippen molar-refractivity contribution in [3.63, 3.8) is 0 Å². The van der Waals surface area contributed by atoms with Crippen LogP contribution in [0.5, 0.6) is 0 Å². The molecule has 4 heterocycles. The highest BCUT2D eigenvalue weighted by Crippen LogP contribution is 2.36. The third-order valence-electron chi connectivity index (χ3n) is 6.64. The van der Waals surface area contributed by atoms with Crippen LogP contribution in [0.4, 0.5) is 17.2 Å². The Hall–Kier alpha value is -4.11. The van der Waals surface area contributed by atoms with E-state index in [-0.39, 0.29) is 18.4 Å². The van der Waals surface area contributed by atoms with Crippen LogP contribution in [-0.4, -0.2) is 50.7 Å². The number of hydrogen-bond donors (Lipinski definition) is 1. The molecule has 4 aromatic rings. The minimum Gasteiger partial charge on any atom is -0.346 e. The molecule has 2 aliphatic rings. The molecule has 1 N–H and O–H groups in total. The summed E-state index contributed by atoms with van der Waals surface area (Å²) < 4.78 is 0. The van der Waals surface area contributed by atoms with Crippen molar-refractivity contribution in [3.8, 4) is 0 Å². The van der Waals surface area contributed by atoms with E-state index in [0.717, 1.165) is 24.1 Å². The highest BCUT2D eigenvalue weighted by atomic mass is 35.5. The number of aliphatic imine (C=N–C) groups is 1. The van der Waals surface area contributed by atoms with Gasteiger partial charge in [-0.25, -0.2) is 15.0 Å². The van der Waals surface area contributed by atoms with Crippen LogP contribution < -0.4 is 15.4 Å². The molecule has 1 saturated heterocycles. The summed E-state index contributed by atoms with van der Waals surface area (Å²) in [4.78, 5) is 50.8. The van der Waals surface area contributed by atoms with Crippen molar-refractivity contribution in [2.45, 2.75) is 25.8 Å². The number of carbonyl (C=O) groups excluding carboxylic acids is 1. The first-order chi connectivity index (χ1) is 17.5. The molecule has 10 heteroatoms. The van der Waals surface area contributed by atoms with Crippen molar-refractivity contribution < 1.29 is 4.79 Å². The van der Waals surface area contributed by atoms with Crippen molar-refractivity contribution in [1.29, 1.82) is 0 Å². The number of hydrogen-bond acceptors (Lipinski definition) is 8. The Labute approximate surface area is 211 Å². The van der Waals surface area contributed by atoms with Crippen molar-refractivity contribution in [2.24, 2.45) is 4.99 Å². The number of aryl methyl sites for hydroxylation is 1. The summed E-state index contributed by atoms with van der Waals surface area (Å²) in [6.07, 6.45) is 4.42. The number of amidine groups is 1. The number of halogens is 1. The molecular formula is C26H22ClN7O2. The lowest BCUT2D eigenvalue weighted by Crippen LogP contribution is -2.47. The molecule has 0 aliphatic carbocycles. The maximum atomic E-state index is 13.4. The second kappa shape index (κ2) is 8.83. The minimum atomic E-state index is -0.393. The molecule has 2 aromatic heterocycles. The molecule has 0 saturated carbocycles. The monoisotopic (exact) mass is 499 g/mol. The second-order valence-corrected chi connectivity index (χ2v) is 9.34. The molecule has 1 fully saturated rings. The molecule has 1 atom stereocenters. The molecular weight excluding hydrogens is 478 g/mol. The van der Waals surface area contributed by atoms with Crippen LogP contribution in [0, 0.1) is 6.92 Å². The molecule has 180 valence electrons. The average molecular weight is 500 g/mol. The van der Waals surface area contributed by atoms with E-state index < -0.39 is 5.56 Å². The van der Waals surface area contributed by atoms with Gasteiger partial charge in [0.1, 0.15) is 29.0 Å². The largest absolute Gasteiger partial charge is 0.346 e. The Bertz CT molecular complexity index is 1590. The van der Waals surface area contributed by atoms with Crippen LogP contribution in [-0.2, 0) is 0 Å². The zero-order valence-electron chi connectivity index (χ0n) is 19.5. The van der Waals surface area contributed by atoms with Gasteiger partial charge >= 0.3 is 0 Å². The lowest BCUT2D eigenvalue weighted by Gasteiger charge is -2.33. The predicted octanol–water partition coefficient (Wildman–Crippen LogP) is 4.08. The number of anilines is 2. The Morgan fingerprint density at radius 1 is 1.08 bits per heavy atom. The molecule has 36 heavy (non-hydrogen) atoms. The van der Waals surface area contributed by atoms with Gasteiger partial charge in [0.05, 0.1) is 35.2 Å². The number of ketones is 1. The van der Waals surface area contributed by atoms with Gasteiger partial charge in [0.2, 0.25) is 0 Å². The molecule has 9 nitrogen and oxygen atoms in total. The quantitative estimate of drug-likeness (QED) is 0.452. The summed E-state index contributed by atoms with van der Waals surface area (Å²) in [7, 11) is 0. The number of carbonyl (C=O) groups is 1. The van der Waals surface area contributed by atoms with Gasteiger partial charge in [-0.05, 0) is 49.6 Å². The third-order valence-corrected chi connectivity index (χ3v) is 6.96. The Morgan fingerprint density at radius 2 is 1.94 bits per heavy atom. The van der Waals surface area contributed by atoms with E-state index in [4.69, 9.17) is 16.6 Å². The highest BCUT2D eigenvalue weighted by Gasteiger charge is 2.37. The molecule has 2 aromatic carbocycles. The number of fused-ring (bicyclic) bond motifs is 2. The number of rotatable bonds is 3. The number of nitrogens with one attached hydrogen (secondary N) is 1. The fourth-order valence-corrected chi connectivity index (χ4v) is 5.32. The number of aromatic amines is 1. The summed E-state index contributed by atoms with van der Waals surface area (Å²) in [5.74, 6) is 1.11. The average Bonchev–Trinajstić information content (AvgIpc) is 3.29. The Balaban J connectivity index is 1.55. The summed E-state index contributed by atoms with van der Waals surface area (Å²) >= 11 is 6.46. The van der Waals surface area contributed by atoms with Gasteiger partial charge in [0, 0.05) is 12.2 Å². The number of benzene rings is 2. The van der Waals surface area contributed by atoms with Crippen molar-refractivity contribution in [2.75, 3.05) is 22.9 Å². The van der Waals surface area contributed by atoms with Crippen molar-refractivity contribution >= 4 is 51.4 Å². The van der Waals surface area contributed by atoms with Gasteiger partial charge in [-0.15, -0.1) is 0 Å². The maximum absolute atomic E-state index is 13.4. The van der Waals surface area contributed by atoms with E-state index in [1.54, 1.807) is 12.1 Å². The first-order valence-corrected chi connectivity index (χ1v) is 12.1. The first kappa shape index (κ1) is 22.4. The molecule has 0 bridgehead atoms. The zero-order chi connectivity index (χ0) is 24.8. The number of aromatic nitrogens is 4. The zero-order valence-corrected chi connectivity index (χ0v) is 20.2. The van der Waals surface area contributed by atoms with Crippen LogP contribution in [0.1, 0.15) is 28.8 Å². The smallest absolute Gasteiger partial charge is 0.285 e. The lowest BCUT2D eigenvalue weighted by molar-refractivity contribution is 0.100. The molecule has 6 rings (SSSR count). The summed E-state index contributed by atoms with van der Waals surface area (Å²) in [6, 6.07) is 13.1. The van der Waals surface area contributed by atoms with E-state index in [2.05, 4.69) is 24.8 Å². The molecule has 0 radical (unpaired) electrons. The number of Topliss-reactive ketones (excluding diaryl/α,β-unsaturated/α-hetero) is 1. The summed E-state index contributed by atoms with van der Waals surface area (Å²) in [5, 5.41) is 0.720. The van der Waals surface area contributed by atoms with E-state index in [1.807, 2.05) is 42.2 Å². The van der Waals surface area contributed by atoms with E-state index in [1.165, 1.54) is 12.7 Å². The number of nitrogens with zero attached hydrogens (tertiary/aromatic N) is 6. The van der Waals surface area contributed by atoms with Crippen LogP contribution in [0.3, 0.4) is 0 Å². The van der Waals surface area contributed by atoms with E-state index in [9.17, 15) is 9.59 Å². The van der Waals surface area contributed by atoms with Gasteiger partial charge in [-0.3, -0.25) is 9.59 Å². The van der Waals surface area contributed by atoms with Gasteiger partial charge in [-0.1, -0.05) is 29.8 Å². The maximum Gasteiger partial charge on any atom is 0.285 e. The van der Waals surface area contributed by atoms with E-state index >= 15 is 0 Å². The van der Waals surface area contributed by atoms with Crippen LogP contribution >= 0.6 is 11.6 Å². The fraction of sp³-hybridized carbons (Fsp3) is 0.231. The van der Waals surface area contributed by atoms with Gasteiger partial charge in [-0.2, -0.15) is 4.98 Å². The lowest BCUT2D eigenvalue weighted by atomic mass is 10.1. The normalized spacial score (nSPS) is 17.8. The SMILES string of the molecule is Cc1cccc(N2CC(=O)c3c(Cl)cccc3N=C2C2CCCN2c2ncnc3[nH]cnc(=O)c23)c1. The highest BCUT2D eigenvalue weighted by molar-refractivity contribution is 6.35. The topological polar surface area (TPSA) is 107 Å². The summed E-state index contributed by atoms with van der Waals surface area (Å²) in [6.45, 7) is 2.78. The standard InChI is InChI=1S/C26H22ClN7O2/c1-15-5-2-6-16(11-15)34-12-20(35)21-17(27)7-3-8-18(21)32-24(34)19-9-4-10-33(19)25-22-23(28-13-30-25)29-14-31-26(22)36/h2-3,5-8,11,13-14,19H,4,9-10,12H2,1H3,(H,28,29,30,31,36). The van der Waals surface area contributed by atoms with Gasteiger partial charge in [0.25, 0.3) is 5.56 Å². The molecule has 1 unspecified atom stereocenters. The second-order valence-electron chi connectivity index (χ2n) is 8.93. The fourth-order valence-electron chi connectivity index (χ4n) is 5.05. The molecule has 0 spiro atoms. The van der Waals surface area contributed by atoms with Crippen LogP contribution in [0.25, 0.3) is 11.0 Å². The van der Waals surface area contributed by atoms with Gasteiger partial charge < -0.3 is 14.8 Å². The molecule has 2 aliphatic heterocycles. The Kier molecular flexibility index (Phi) is 5.49. The third kappa shape index (κ3) is 3.72. The minimum absolute atomic E-state index is 0.0933. The van der Waals surface area contributed by atoms with Gasteiger partial charge in [0.15, 0.2) is 5.78 Å².